The standard InChI is InChI=1S/C25H21N3O4S2/c1-32-18-14-12-16(13-15-18)20-21(24(29)27-17-8-4-2-5-9-17)25(33)28-23(26)22(20)34(30,31)19-10-6-3-7-11-19/h2-15H,1H3,(H,27,29)(H3,26,28,33). The zero-order chi connectivity index (χ0) is 24.3. The molecule has 1 amide bonds. The predicted octanol–water partition coefficient (Wildman–Crippen LogP) is 5.09. The molecule has 34 heavy (non-hydrogen) atoms. The van der Waals surface area contributed by atoms with Crippen molar-refractivity contribution >= 4 is 39.5 Å². The normalized spacial score (nSPS) is 11.1. The van der Waals surface area contributed by atoms with Gasteiger partial charge in [-0.2, -0.15) is 0 Å². The summed E-state index contributed by atoms with van der Waals surface area (Å²) in [6.07, 6.45) is 0. The Kier molecular flexibility index (Phi) is 6.49. The molecule has 9 heteroatoms. The van der Waals surface area contributed by atoms with Crippen LogP contribution in [0.4, 0.5) is 11.5 Å². The molecule has 1 aromatic heterocycles. The van der Waals surface area contributed by atoms with Crippen molar-refractivity contribution in [2.75, 3.05) is 18.2 Å². The third-order valence-electron chi connectivity index (χ3n) is 5.16. The van der Waals surface area contributed by atoms with Crippen molar-refractivity contribution in [1.29, 1.82) is 0 Å². The number of carbonyl (C=O) groups is 1. The summed E-state index contributed by atoms with van der Waals surface area (Å²) in [6.45, 7) is 0. The predicted molar refractivity (Wildman–Crippen MR) is 134 cm³/mol. The number of sulfone groups is 1. The van der Waals surface area contributed by atoms with Crippen LogP contribution in [0.1, 0.15) is 10.4 Å². The molecule has 3 aromatic carbocycles. The maximum Gasteiger partial charge on any atom is 0.259 e. The van der Waals surface area contributed by atoms with Gasteiger partial charge < -0.3 is 20.8 Å². The molecule has 0 aliphatic carbocycles. The number of nitrogens with one attached hydrogen (secondary N) is 2. The fraction of sp³-hybridized carbons (Fsp3) is 0.0400. The minimum Gasteiger partial charge on any atom is -0.497 e. The number of methoxy groups -OCH3 is 1. The molecule has 1 heterocycles. The van der Waals surface area contributed by atoms with E-state index in [9.17, 15) is 13.2 Å². The molecule has 4 N–H and O–H groups in total. The van der Waals surface area contributed by atoms with E-state index < -0.39 is 15.7 Å². The molecule has 0 radical (unpaired) electrons. The van der Waals surface area contributed by atoms with E-state index in [4.69, 9.17) is 22.7 Å². The molecule has 0 saturated carbocycles. The number of nitrogens with two attached hydrogens (primary N) is 1. The van der Waals surface area contributed by atoms with E-state index in [1.807, 2.05) is 6.07 Å². The lowest BCUT2D eigenvalue weighted by atomic mass is 10.0. The third kappa shape index (κ3) is 4.43. The molecule has 172 valence electrons. The molecule has 0 aliphatic heterocycles. The van der Waals surface area contributed by atoms with E-state index in [1.54, 1.807) is 66.7 Å². The van der Waals surface area contributed by atoms with Gasteiger partial charge in [-0.3, -0.25) is 4.79 Å². The first-order chi connectivity index (χ1) is 16.3. The van der Waals surface area contributed by atoms with Crippen LogP contribution >= 0.6 is 12.2 Å². The van der Waals surface area contributed by atoms with Gasteiger partial charge in [0.15, 0.2) is 0 Å². The quantitative estimate of drug-likeness (QED) is 0.324. The average molecular weight is 492 g/mol. The number of para-hydroxylation sites is 1. The fourth-order valence-corrected chi connectivity index (χ4v) is 5.45. The second kappa shape index (κ2) is 9.50. The van der Waals surface area contributed by atoms with E-state index in [1.165, 1.54) is 19.2 Å². The van der Waals surface area contributed by atoms with Crippen LogP contribution in [-0.4, -0.2) is 26.4 Å². The highest BCUT2D eigenvalue weighted by atomic mass is 32.2. The van der Waals surface area contributed by atoms with Crippen LogP contribution in [0.2, 0.25) is 0 Å². The first-order valence-corrected chi connectivity index (χ1v) is 12.1. The second-order valence-corrected chi connectivity index (χ2v) is 9.61. The first-order valence-electron chi connectivity index (χ1n) is 10.2. The van der Waals surface area contributed by atoms with Gasteiger partial charge in [-0.15, -0.1) is 0 Å². The number of ether oxygens (including phenoxy) is 1. The number of hydrogen-bond donors (Lipinski definition) is 3. The topological polar surface area (TPSA) is 114 Å². The highest BCUT2D eigenvalue weighted by molar-refractivity contribution is 7.91. The van der Waals surface area contributed by atoms with E-state index in [0.717, 1.165) is 0 Å². The third-order valence-corrected chi connectivity index (χ3v) is 7.32. The highest BCUT2D eigenvalue weighted by Crippen LogP contribution is 2.38. The number of rotatable bonds is 6. The molecule has 4 rings (SSSR count). The second-order valence-electron chi connectivity index (χ2n) is 7.31. The number of hydrogen-bond acceptors (Lipinski definition) is 6. The summed E-state index contributed by atoms with van der Waals surface area (Å²) in [5.41, 5.74) is 7.29. The highest BCUT2D eigenvalue weighted by Gasteiger charge is 2.30. The van der Waals surface area contributed by atoms with Crippen molar-refractivity contribution in [3.05, 3.63) is 95.1 Å². The Hall–Kier alpha value is -3.95. The summed E-state index contributed by atoms with van der Waals surface area (Å²) in [5.74, 6) is -0.153. The van der Waals surface area contributed by atoms with Gasteiger partial charge in [0, 0.05) is 11.3 Å². The summed E-state index contributed by atoms with van der Waals surface area (Å²) in [4.78, 5) is 15.9. The van der Waals surface area contributed by atoms with Crippen LogP contribution in [0.5, 0.6) is 5.75 Å². The summed E-state index contributed by atoms with van der Waals surface area (Å²) >= 11 is 5.45. The maximum absolute atomic E-state index is 13.7. The summed E-state index contributed by atoms with van der Waals surface area (Å²) in [7, 11) is -2.60. The molecule has 7 nitrogen and oxygen atoms in total. The number of aromatic nitrogens is 1. The van der Waals surface area contributed by atoms with Crippen molar-refractivity contribution in [3.8, 4) is 16.9 Å². The van der Waals surface area contributed by atoms with Crippen LogP contribution in [-0.2, 0) is 9.84 Å². The van der Waals surface area contributed by atoms with Gasteiger partial charge in [0.05, 0.1) is 17.6 Å². The largest absolute Gasteiger partial charge is 0.497 e. The Morgan fingerprint density at radius 3 is 2.12 bits per heavy atom. The van der Waals surface area contributed by atoms with Crippen molar-refractivity contribution in [2.24, 2.45) is 0 Å². The lowest BCUT2D eigenvalue weighted by molar-refractivity contribution is 0.102. The number of H-pyrrole nitrogens is 1. The van der Waals surface area contributed by atoms with Crippen molar-refractivity contribution < 1.29 is 17.9 Å². The van der Waals surface area contributed by atoms with Crippen LogP contribution < -0.4 is 15.8 Å². The fourth-order valence-electron chi connectivity index (χ4n) is 3.56. The number of aromatic amines is 1. The van der Waals surface area contributed by atoms with Gasteiger partial charge in [-0.05, 0) is 42.0 Å². The van der Waals surface area contributed by atoms with Gasteiger partial charge in [0.2, 0.25) is 9.84 Å². The van der Waals surface area contributed by atoms with Crippen LogP contribution in [0, 0.1) is 4.64 Å². The lowest BCUT2D eigenvalue weighted by Gasteiger charge is -2.18. The zero-order valence-corrected chi connectivity index (χ0v) is 19.7. The van der Waals surface area contributed by atoms with Gasteiger partial charge in [-0.1, -0.05) is 60.7 Å². The first kappa shape index (κ1) is 23.2. The van der Waals surface area contributed by atoms with Crippen molar-refractivity contribution in [3.63, 3.8) is 0 Å². The smallest absolute Gasteiger partial charge is 0.259 e. The minimum atomic E-state index is -4.12. The zero-order valence-electron chi connectivity index (χ0n) is 18.1. The number of carbonyl (C=O) groups excluding carboxylic acids is 1. The lowest BCUT2D eigenvalue weighted by Crippen LogP contribution is -2.18. The number of amides is 1. The average Bonchev–Trinajstić information content (AvgIpc) is 2.84. The Morgan fingerprint density at radius 1 is 0.941 bits per heavy atom. The molecule has 0 fully saturated rings. The van der Waals surface area contributed by atoms with Crippen LogP contribution in [0.25, 0.3) is 11.1 Å². The molecule has 0 spiro atoms. The Bertz CT molecular complexity index is 1500. The van der Waals surface area contributed by atoms with E-state index in [0.29, 0.717) is 17.0 Å². The number of benzene rings is 3. The van der Waals surface area contributed by atoms with Gasteiger partial charge in [0.25, 0.3) is 5.91 Å². The Labute approximate surface area is 202 Å². The SMILES string of the molecule is COc1ccc(-c2c(S(=O)(=O)c3ccccc3)c(N)[nH]c(=S)c2C(=O)Nc2ccccc2)cc1. The summed E-state index contributed by atoms with van der Waals surface area (Å²) in [6, 6.07) is 23.3. The van der Waals surface area contributed by atoms with Crippen molar-refractivity contribution in [1.82, 2.24) is 4.98 Å². The van der Waals surface area contributed by atoms with Crippen LogP contribution in [0.3, 0.4) is 0 Å². The number of pyridine rings is 1. The van der Waals surface area contributed by atoms with E-state index in [2.05, 4.69) is 10.3 Å². The Morgan fingerprint density at radius 2 is 1.53 bits per heavy atom. The van der Waals surface area contributed by atoms with Gasteiger partial charge in [0.1, 0.15) is 21.1 Å². The maximum atomic E-state index is 13.7. The minimum absolute atomic E-state index is 0.00674. The Balaban J connectivity index is 2.02. The van der Waals surface area contributed by atoms with Gasteiger partial charge in [-0.25, -0.2) is 8.42 Å². The number of anilines is 2. The molecule has 4 aromatic rings. The molecule has 0 atom stereocenters. The molecular weight excluding hydrogens is 470 g/mol. The van der Waals surface area contributed by atoms with Crippen molar-refractivity contribution in [2.45, 2.75) is 9.79 Å². The molecule has 0 bridgehead atoms. The molecular formula is C25H21N3O4S2. The molecule has 0 aliphatic rings. The number of nitrogen functional groups attached to an aromatic ring is 1. The molecule has 0 saturated heterocycles. The van der Waals surface area contributed by atoms with E-state index >= 15 is 0 Å². The monoisotopic (exact) mass is 491 g/mol. The molecule has 0 unspecified atom stereocenters. The summed E-state index contributed by atoms with van der Waals surface area (Å²) < 4.78 is 32.7. The summed E-state index contributed by atoms with van der Waals surface area (Å²) in [5, 5.41) is 2.78. The van der Waals surface area contributed by atoms with Gasteiger partial charge >= 0.3 is 0 Å². The van der Waals surface area contributed by atoms with Crippen LogP contribution in [0.15, 0.2) is 94.7 Å². The van der Waals surface area contributed by atoms with E-state index in [-0.39, 0.29) is 31.4 Å².